The summed E-state index contributed by atoms with van der Waals surface area (Å²) in [6, 6.07) is 6.92. The first-order chi connectivity index (χ1) is 8.16. The number of hydrogen-bond acceptors (Lipinski definition) is 4. The molecule has 0 aliphatic rings. The Morgan fingerprint density at radius 2 is 2.29 bits per heavy atom. The van der Waals surface area contributed by atoms with Gasteiger partial charge in [-0.25, -0.2) is 9.78 Å². The van der Waals surface area contributed by atoms with E-state index in [2.05, 4.69) is 4.98 Å². The monoisotopic (exact) mass is 249 g/mol. The van der Waals surface area contributed by atoms with E-state index in [1.54, 1.807) is 18.3 Å². The number of carbonyl (C=O) groups is 1. The Labute approximate surface area is 103 Å². The molecule has 0 spiro atoms. The van der Waals surface area contributed by atoms with Crippen molar-refractivity contribution in [3.05, 3.63) is 47.5 Å². The van der Waals surface area contributed by atoms with Crippen molar-refractivity contribution < 1.29 is 14.3 Å². The molecule has 88 valence electrons. The number of thioether (sulfide) groups is 1. The van der Waals surface area contributed by atoms with Gasteiger partial charge in [-0.2, -0.15) is 0 Å². The second-order valence-electron chi connectivity index (χ2n) is 3.46. The summed E-state index contributed by atoms with van der Waals surface area (Å²) in [6.45, 7) is 1.87. The lowest BCUT2D eigenvalue weighted by atomic mass is 10.3. The molecule has 0 aliphatic heterocycles. The van der Waals surface area contributed by atoms with Gasteiger partial charge in [0.1, 0.15) is 16.5 Å². The van der Waals surface area contributed by atoms with Crippen LogP contribution < -0.4 is 0 Å². The van der Waals surface area contributed by atoms with Crippen molar-refractivity contribution in [1.29, 1.82) is 0 Å². The predicted octanol–water partition coefficient (Wildman–Crippen LogP) is 2.97. The van der Waals surface area contributed by atoms with Crippen LogP contribution in [0.15, 0.2) is 39.9 Å². The largest absolute Gasteiger partial charge is 0.478 e. The van der Waals surface area contributed by atoms with Gasteiger partial charge in [0, 0.05) is 6.20 Å². The fraction of sp³-hybridized carbons (Fsp3) is 0.167. The van der Waals surface area contributed by atoms with Crippen LogP contribution in [-0.4, -0.2) is 16.1 Å². The summed E-state index contributed by atoms with van der Waals surface area (Å²) in [4.78, 5) is 15.0. The number of pyridine rings is 1. The van der Waals surface area contributed by atoms with Crippen LogP contribution in [-0.2, 0) is 5.75 Å². The van der Waals surface area contributed by atoms with E-state index in [0.29, 0.717) is 10.8 Å². The highest BCUT2D eigenvalue weighted by Crippen LogP contribution is 2.24. The average Bonchev–Trinajstić information content (AvgIpc) is 2.73. The first-order valence-corrected chi connectivity index (χ1v) is 6.02. The Hall–Kier alpha value is -1.75. The lowest BCUT2D eigenvalue weighted by Crippen LogP contribution is -2.00. The molecule has 2 aromatic rings. The molecule has 0 aromatic carbocycles. The van der Waals surface area contributed by atoms with Crippen molar-refractivity contribution in [3.63, 3.8) is 0 Å². The van der Waals surface area contributed by atoms with Crippen LogP contribution in [0.4, 0.5) is 0 Å². The Bertz CT molecular complexity index is 536. The first kappa shape index (κ1) is 11.7. The summed E-state index contributed by atoms with van der Waals surface area (Å²) in [6.07, 6.45) is 1.59. The highest BCUT2D eigenvalue weighted by Gasteiger charge is 2.11. The van der Waals surface area contributed by atoms with Gasteiger partial charge in [0.05, 0.1) is 11.3 Å². The number of hydrogen-bond donors (Lipinski definition) is 1. The zero-order chi connectivity index (χ0) is 12.3. The quantitative estimate of drug-likeness (QED) is 0.844. The van der Waals surface area contributed by atoms with E-state index in [0.717, 1.165) is 11.5 Å². The molecule has 0 fully saturated rings. The molecule has 0 radical (unpaired) electrons. The summed E-state index contributed by atoms with van der Waals surface area (Å²) in [5.41, 5.74) is 0.223. The second kappa shape index (κ2) is 5.05. The van der Waals surface area contributed by atoms with E-state index < -0.39 is 5.97 Å². The molecule has 0 aliphatic carbocycles. The normalized spacial score (nSPS) is 10.4. The van der Waals surface area contributed by atoms with Crippen molar-refractivity contribution in [1.82, 2.24) is 4.98 Å². The number of nitrogens with zero attached hydrogens (tertiary/aromatic N) is 1. The molecule has 2 heterocycles. The highest BCUT2D eigenvalue weighted by atomic mass is 32.2. The van der Waals surface area contributed by atoms with Crippen LogP contribution in [0.5, 0.6) is 0 Å². The van der Waals surface area contributed by atoms with Gasteiger partial charge in [0.15, 0.2) is 0 Å². The summed E-state index contributed by atoms with van der Waals surface area (Å²) < 4.78 is 5.41. The van der Waals surface area contributed by atoms with Crippen molar-refractivity contribution in [2.24, 2.45) is 0 Å². The molecule has 0 saturated carbocycles. The van der Waals surface area contributed by atoms with Gasteiger partial charge in [0.25, 0.3) is 0 Å². The number of carboxylic acid groups (broad SMARTS) is 1. The number of rotatable bonds is 4. The third kappa shape index (κ3) is 2.88. The molecular weight excluding hydrogens is 238 g/mol. The van der Waals surface area contributed by atoms with Crippen molar-refractivity contribution >= 4 is 17.7 Å². The van der Waals surface area contributed by atoms with Crippen LogP contribution in [0.2, 0.25) is 0 Å². The smallest absolute Gasteiger partial charge is 0.338 e. The molecule has 0 bridgehead atoms. The topological polar surface area (TPSA) is 63.3 Å². The molecule has 4 nitrogen and oxygen atoms in total. The Balaban J connectivity index is 2.11. The highest BCUT2D eigenvalue weighted by molar-refractivity contribution is 7.98. The van der Waals surface area contributed by atoms with Gasteiger partial charge in [0.2, 0.25) is 0 Å². The van der Waals surface area contributed by atoms with Crippen molar-refractivity contribution in [2.45, 2.75) is 17.7 Å². The Morgan fingerprint density at radius 3 is 2.94 bits per heavy atom. The van der Waals surface area contributed by atoms with Gasteiger partial charge in [-0.05, 0) is 31.2 Å². The Morgan fingerprint density at radius 1 is 1.47 bits per heavy atom. The number of carboxylic acids is 1. The number of furan rings is 1. The van der Waals surface area contributed by atoms with Crippen LogP contribution in [0.1, 0.15) is 21.9 Å². The van der Waals surface area contributed by atoms with E-state index in [4.69, 9.17) is 9.52 Å². The number of aromatic carboxylic acids is 1. The third-order valence-corrected chi connectivity index (χ3v) is 3.18. The van der Waals surface area contributed by atoms with Crippen LogP contribution >= 0.6 is 11.8 Å². The van der Waals surface area contributed by atoms with Crippen LogP contribution in [0.3, 0.4) is 0 Å². The minimum atomic E-state index is -0.962. The first-order valence-electron chi connectivity index (χ1n) is 5.03. The molecule has 0 saturated heterocycles. The number of aromatic nitrogens is 1. The van der Waals surface area contributed by atoms with Gasteiger partial charge >= 0.3 is 5.97 Å². The molecule has 2 aromatic heterocycles. The van der Waals surface area contributed by atoms with E-state index >= 15 is 0 Å². The minimum Gasteiger partial charge on any atom is -0.478 e. The van der Waals surface area contributed by atoms with Gasteiger partial charge in [-0.15, -0.1) is 0 Å². The predicted molar refractivity (Wildman–Crippen MR) is 64.2 cm³/mol. The van der Waals surface area contributed by atoms with Crippen LogP contribution in [0.25, 0.3) is 0 Å². The maximum atomic E-state index is 11.0. The van der Waals surface area contributed by atoms with Gasteiger partial charge in [-0.3, -0.25) is 0 Å². The number of aryl methyl sites for hydroxylation is 1. The Kier molecular flexibility index (Phi) is 3.49. The maximum absolute atomic E-state index is 11.0. The average molecular weight is 249 g/mol. The maximum Gasteiger partial charge on any atom is 0.338 e. The van der Waals surface area contributed by atoms with Crippen LogP contribution in [0, 0.1) is 6.92 Å². The fourth-order valence-corrected chi connectivity index (χ4v) is 2.25. The zero-order valence-electron chi connectivity index (χ0n) is 9.21. The third-order valence-electron chi connectivity index (χ3n) is 2.15. The van der Waals surface area contributed by atoms with Gasteiger partial charge in [-0.1, -0.05) is 11.8 Å². The SMILES string of the molecule is Cc1ccc(CSc2ncccc2C(=O)O)o1. The molecule has 5 heteroatoms. The van der Waals surface area contributed by atoms with Crippen molar-refractivity contribution in [3.8, 4) is 0 Å². The molecule has 1 N–H and O–H groups in total. The van der Waals surface area contributed by atoms with Crippen molar-refractivity contribution in [2.75, 3.05) is 0 Å². The second-order valence-corrected chi connectivity index (χ2v) is 4.43. The fourth-order valence-electron chi connectivity index (χ4n) is 1.37. The van der Waals surface area contributed by atoms with E-state index in [1.165, 1.54) is 11.8 Å². The lowest BCUT2D eigenvalue weighted by Gasteiger charge is -2.02. The van der Waals surface area contributed by atoms with E-state index in [1.807, 2.05) is 19.1 Å². The van der Waals surface area contributed by atoms with E-state index in [9.17, 15) is 4.79 Å². The zero-order valence-corrected chi connectivity index (χ0v) is 10.0. The molecule has 0 amide bonds. The minimum absolute atomic E-state index is 0.223. The standard InChI is InChI=1S/C12H11NO3S/c1-8-4-5-9(16-8)7-17-11-10(12(14)15)3-2-6-13-11/h2-6H,7H2,1H3,(H,14,15). The summed E-state index contributed by atoms with van der Waals surface area (Å²) >= 11 is 1.36. The van der Waals surface area contributed by atoms with Gasteiger partial charge < -0.3 is 9.52 Å². The summed E-state index contributed by atoms with van der Waals surface area (Å²) in [5.74, 6) is 1.27. The molecule has 2 rings (SSSR count). The molecular formula is C12H11NO3S. The summed E-state index contributed by atoms with van der Waals surface area (Å²) in [5, 5.41) is 9.50. The molecule has 0 unspecified atom stereocenters. The molecule has 0 atom stereocenters. The molecule has 17 heavy (non-hydrogen) atoms. The summed E-state index contributed by atoms with van der Waals surface area (Å²) in [7, 11) is 0. The lowest BCUT2D eigenvalue weighted by molar-refractivity contribution is 0.0692. The van der Waals surface area contributed by atoms with E-state index in [-0.39, 0.29) is 5.56 Å².